The SMILES string of the molecule is [Pd].[SbH3].[SnH2].[Ti]. The largest absolute Gasteiger partial charge is 0 e. The normalized spacial score (nSPS) is 0. The number of rotatable bonds is 0. The minimum Gasteiger partial charge on any atom is 0 e. The second-order valence-corrected chi connectivity index (χ2v) is 0. The summed E-state index contributed by atoms with van der Waals surface area (Å²) in [5.74, 6) is 0. The van der Waals surface area contributed by atoms with Crippen LogP contribution >= 0.6 is 0 Å². The van der Waals surface area contributed by atoms with Gasteiger partial charge in [0.2, 0.25) is 0 Å². The molecule has 0 unspecified atom stereocenters. The van der Waals surface area contributed by atoms with Gasteiger partial charge < -0.3 is 0 Å². The first-order valence-corrected chi connectivity index (χ1v) is 0. The Morgan fingerprint density at radius 1 is 1.00 bits per heavy atom. The van der Waals surface area contributed by atoms with Gasteiger partial charge in [0.15, 0.2) is 0 Å². The number of hydrogen-bond donors (Lipinski definition) is 0. The Morgan fingerprint density at radius 3 is 1.00 bits per heavy atom. The molecule has 28 valence electrons. The Kier molecular flexibility index (Phi) is 117. The van der Waals surface area contributed by atoms with Crippen LogP contribution in [0.25, 0.3) is 0 Å². The first-order chi connectivity index (χ1) is 0. The zero-order valence-electron chi connectivity index (χ0n) is 2.23. The molecule has 0 saturated carbocycles. The Morgan fingerprint density at radius 2 is 1.00 bits per heavy atom. The van der Waals surface area contributed by atoms with Crippen LogP contribution in [0.4, 0.5) is 0 Å². The van der Waals surface area contributed by atoms with Crippen molar-refractivity contribution in [3.05, 3.63) is 0 Å². The van der Waals surface area contributed by atoms with Gasteiger partial charge in [-0.2, -0.15) is 0 Å². The van der Waals surface area contributed by atoms with Crippen molar-refractivity contribution >= 4 is 48.3 Å². The van der Waals surface area contributed by atoms with Gasteiger partial charge >= 0.3 is 48.3 Å². The zero-order valence-corrected chi connectivity index (χ0v) is 13.4. The summed E-state index contributed by atoms with van der Waals surface area (Å²) in [5.41, 5.74) is 0. The summed E-state index contributed by atoms with van der Waals surface area (Å²) in [6.07, 6.45) is 0. The molecule has 0 rings (SSSR count). The average molecular weight is 400 g/mol. The molecule has 0 atom stereocenters. The summed E-state index contributed by atoms with van der Waals surface area (Å²) in [7, 11) is 0. The van der Waals surface area contributed by atoms with Crippen LogP contribution in [-0.4, -0.2) is 48.3 Å². The predicted molar refractivity (Wildman–Crippen MR) is 18.5 cm³/mol. The van der Waals surface area contributed by atoms with Crippen LogP contribution in [0.2, 0.25) is 0 Å². The molecule has 2 radical (unpaired) electrons. The van der Waals surface area contributed by atoms with E-state index in [0.29, 0.717) is 0 Å². The van der Waals surface area contributed by atoms with Crippen LogP contribution in [0.5, 0.6) is 0 Å². The smallest absolute Gasteiger partial charge is 0 e. The first kappa shape index (κ1) is 28.0. The molecule has 0 aromatic rings. The fourth-order valence-corrected chi connectivity index (χ4v) is 0. The maximum absolute atomic E-state index is 0. The van der Waals surface area contributed by atoms with E-state index >= 15 is 0 Å². The van der Waals surface area contributed by atoms with Crippen LogP contribution < -0.4 is 0 Å². The van der Waals surface area contributed by atoms with Crippen LogP contribution in [0.3, 0.4) is 0 Å². The topological polar surface area (TPSA) is 0 Å². The second-order valence-electron chi connectivity index (χ2n) is 0. The molecule has 4 heavy (non-hydrogen) atoms. The van der Waals surface area contributed by atoms with Crippen molar-refractivity contribution in [2.75, 3.05) is 0 Å². The molecular weight excluding hydrogens is 395 g/mol. The van der Waals surface area contributed by atoms with Crippen molar-refractivity contribution in [2.24, 2.45) is 0 Å². The molecule has 0 nitrogen and oxygen atoms in total. The van der Waals surface area contributed by atoms with Gasteiger partial charge in [0.1, 0.15) is 0 Å². The van der Waals surface area contributed by atoms with Crippen molar-refractivity contribution < 1.29 is 42.1 Å². The molecule has 4 heteroatoms. The molecule has 0 aliphatic rings. The third-order valence-electron chi connectivity index (χ3n) is 0. The van der Waals surface area contributed by atoms with Gasteiger partial charge in [-0.05, 0) is 0 Å². The first-order valence-electron chi connectivity index (χ1n) is 0. The molecule has 0 N–H and O–H groups in total. The molecule has 0 amide bonds. The van der Waals surface area contributed by atoms with E-state index in [2.05, 4.69) is 0 Å². The summed E-state index contributed by atoms with van der Waals surface area (Å²) in [4.78, 5) is 0. The minimum atomic E-state index is 0. The number of hydrogen-bond acceptors (Lipinski definition) is 0. The molecule has 0 bridgehead atoms. The van der Waals surface area contributed by atoms with Gasteiger partial charge in [-0.1, -0.05) is 0 Å². The van der Waals surface area contributed by atoms with Crippen LogP contribution in [0, 0.1) is 0 Å². The van der Waals surface area contributed by atoms with E-state index in [1.165, 1.54) is 0 Å². The quantitative estimate of drug-likeness (QED) is 0.409. The molecule has 0 fully saturated rings. The minimum absolute atomic E-state index is 0. The maximum atomic E-state index is 0. The monoisotopic (exact) mass is 400 g/mol. The van der Waals surface area contributed by atoms with Gasteiger partial charge in [-0.15, -0.1) is 0 Å². The van der Waals surface area contributed by atoms with Crippen molar-refractivity contribution in [3.8, 4) is 0 Å². The Hall–Kier alpha value is 2.99. The van der Waals surface area contributed by atoms with Crippen molar-refractivity contribution in [3.63, 3.8) is 0 Å². The van der Waals surface area contributed by atoms with Gasteiger partial charge in [0.25, 0.3) is 0 Å². The van der Waals surface area contributed by atoms with Gasteiger partial charge in [0.05, 0.1) is 0 Å². The van der Waals surface area contributed by atoms with Crippen LogP contribution in [0.15, 0.2) is 0 Å². The molecule has 0 aliphatic carbocycles. The summed E-state index contributed by atoms with van der Waals surface area (Å²) >= 11 is 0. The molecule has 0 aliphatic heterocycles. The molecule has 0 spiro atoms. The van der Waals surface area contributed by atoms with Crippen LogP contribution in [0.1, 0.15) is 0 Å². The van der Waals surface area contributed by atoms with Gasteiger partial charge in [0, 0.05) is 42.1 Å². The Balaban J connectivity index is 0. The fourth-order valence-electron chi connectivity index (χ4n) is 0. The van der Waals surface area contributed by atoms with E-state index in [9.17, 15) is 0 Å². The maximum Gasteiger partial charge on any atom is 0 e. The summed E-state index contributed by atoms with van der Waals surface area (Å²) in [6.45, 7) is 0. The molecule has 0 aromatic heterocycles. The summed E-state index contributed by atoms with van der Waals surface area (Å²) in [5, 5.41) is 0. The Bertz CT molecular complexity index is 8.00. The van der Waals surface area contributed by atoms with E-state index in [-0.39, 0.29) is 90.5 Å². The Labute approximate surface area is 88.8 Å². The van der Waals surface area contributed by atoms with E-state index in [0.717, 1.165) is 0 Å². The van der Waals surface area contributed by atoms with E-state index in [1.54, 1.807) is 0 Å². The second kappa shape index (κ2) is 16.7. The third-order valence-corrected chi connectivity index (χ3v) is 0. The van der Waals surface area contributed by atoms with Gasteiger partial charge in [-0.25, -0.2) is 0 Å². The molecule has 0 saturated heterocycles. The van der Waals surface area contributed by atoms with Gasteiger partial charge in [-0.3, -0.25) is 0 Å². The van der Waals surface area contributed by atoms with Crippen molar-refractivity contribution in [1.82, 2.24) is 0 Å². The fraction of sp³-hybridized carbons (Fsp3) is 0. The summed E-state index contributed by atoms with van der Waals surface area (Å²) in [6, 6.07) is 0. The van der Waals surface area contributed by atoms with Crippen molar-refractivity contribution in [1.29, 1.82) is 0 Å². The van der Waals surface area contributed by atoms with Crippen molar-refractivity contribution in [2.45, 2.75) is 0 Å². The third kappa shape index (κ3) is 8.89. The molecule has 0 aromatic carbocycles. The van der Waals surface area contributed by atoms with E-state index in [1.807, 2.05) is 0 Å². The predicted octanol–water partition coefficient (Wildman–Crippen LogP) is -2.11. The average Bonchev–Trinajstić information content (AvgIpc) is 0. The standard InChI is InChI=1S/Pd.Sb.Sn.Ti.5H. The van der Waals surface area contributed by atoms with Crippen LogP contribution in [-0.2, 0) is 42.1 Å². The zero-order chi connectivity index (χ0) is 0. The molecular formula is H5PdSbSnTi. The molecule has 0 heterocycles. The summed E-state index contributed by atoms with van der Waals surface area (Å²) < 4.78 is 0. The van der Waals surface area contributed by atoms with E-state index < -0.39 is 0 Å². The van der Waals surface area contributed by atoms with E-state index in [4.69, 9.17) is 0 Å².